The van der Waals surface area contributed by atoms with Crippen molar-refractivity contribution in [3.05, 3.63) is 59.2 Å². The highest BCUT2D eigenvalue weighted by atomic mass is 16.5. The van der Waals surface area contributed by atoms with Gasteiger partial charge in [0.25, 0.3) is 0 Å². The van der Waals surface area contributed by atoms with Gasteiger partial charge >= 0.3 is 5.97 Å². The highest BCUT2D eigenvalue weighted by Gasteiger charge is 2.11. The number of aryl methyl sites for hydroxylation is 1. The minimum Gasteiger partial charge on any atom is -0.508 e. The second kappa shape index (κ2) is 9.11. The van der Waals surface area contributed by atoms with Crippen LogP contribution in [0.25, 0.3) is 0 Å². The monoisotopic (exact) mass is 342 g/mol. The predicted molar refractivity (Wildman–Crippen MR) is 97.9 cm³/mol. The van der Waals surface area contributed by atoms with E-state index in [4.69, 9.17) is 9.47 Å². The summed E-state index contributed by atoms with van der Waals surface area (Å²) in [5.41, 5.74) is 3.25. The number of phenols is 1. The van der Waals surface area contributed by atoms with Gasteiger partial charge in [0, 0.05) is 12.5 Å². The number of carbonyl (C=O) groups excluding carboxylic acids is 1. The zero-order chi connectivity index (χ0) is 18.2. The van der Waals surface area contributed by atoms with Crippen LogP contribution in [0.15, 0.2) is 42.5 Å². The molecule has 2 aromatic carbocycles. The van der Waals surface area contributed by atoms with E-state index in [2.05, 4.69) is 26.0 Å². The molecule has 0 aromatic heterocycles. The van der Waals surface area contributed by atoms with E-state index in [0.717, 1.165) is 11.1 Å². The molecule has 0 aliphatic heterocycles. The SMILES string of the molecule is CCOC(=O)CCc1ccc(O)cc1OCc1ccccc1C(C)C. The molecule has 0 aliphatic rings. The summed E-state index contributed by atoms with van der Waals surface area (Å²) in [6.45, 7) is 6.89. The quantitative estimate of drug-likeness (QED) is 0.713. The van der Waals surface area contributed by atoms with Gasteiger partial charge in [0.15, 0.2) is 0 Å². The second-order valence-electron chi connectivity index (χ2n) is 6.24. The van der Waals surface area contributed by atoms with Crippen LogP contribution in [0, 0.1) is 0 Å². The lowest BCUT2D eigenvalue weighted by Crippen LogP contribution is -2.07. The molecule has 4 nitrogen and oxygen atoms in total. The van der Waals surface area contributed by atoms with Crippen LogP contribution in [0.4, 0.5) is 0 Å². The number of benzene rings is 2. The Morgan fingerprint density at radius 2 is 1.88 bits per heavy atom. The van der Waals surface area contributed by atoms with Gasteiger partial charge in [0.1, 0.15) is 18.1 Å². The molecule has 2 rings (SSSR count). The zero-order valence-electron chi connectivity index (χ0n) is 15.1. The van der Waals surface area contributed by atoms with Gasteiger partial charge in [-0.1, -0.05) is 44.2 Å². The number of esters is 1. The van der Waals surface area contributed by atoms with Crippen molar-refractivity contribution in [1.82, 2.24) is 0 Å². The zero-order valence-corrected chi connectivity index (χ0v) is 15.1. The Hall–Kier alpha value is -2.49. The molecule has 0 heterocycles. The fourth-order valence-electron chi connectivity index (χ4n) is 2.74. The molecule has 1 N–H and O–H groups in total. The van der Waals surface area contributed by atoms with Crippen molar-refractivity contribution >= 4 is 5.97 Å². The Morgan fingerprint density at radius 1 is 1.12 bits per heavy atom. The van der Waals surface area contributed by atoms with Crippen molar-refractivity contribution < 1.29 is 19.4 Å². The third-order valence-electron chi connectivity index (χ3n) is 4.01. The van der Waals surface area contributed by atoms with Crippen LogP contribution in [0.3, 0.4) is 0 Å². The van der Waals surface area contributed by atoms with Crippen LogP contribution in [0.1, 0.15) is 49.8 Å². The minimum absolute atomic E-state index is 0.145. The van der Waals surface area contributed by atoms with Gasteiger partial charge in [-0.15, -0.1) is 0 Å². The van der Waals surface area contributed by atoms with E-state index in [0.29, 0.717) is 31.3 Å². The Bertz CT molecular complexity index is 707. The lowest BCUT2D eigenvalue weighted by Gasteiger charge is -2.16. The lowest BCUT2D eigenvalue weighted by molar-refractivity contribution is -0.143. The minimum atomic E-state index is -0.230. The van der Waals surface area contributed by atoms with Crippen molar-refractivity contribution in [2.45, 2.75) is 46.1 Å². The molecule has 0 saturated heterocycles. The Morgan fingerprint density at radius 3 is 2.60 bits per heavy atom. The van der Waals surface area contributed by atoms with E-state index in [9.17, 15) is 9.90 Å². The largest absolute Gasteiger partial charge is 0.508 e. The number of ether oxygens (including phenoxy) is 2. The van der Waals surface area contributed by atoms with Crippen LogP contribution in [0.5, 0.6) is 11.5 Å². The molecule has 25 heavy (non-hydrogen) atoms. The van der Waals surface area contributed by atoms with Gasteiger partial charge in [-0.2, -0.15) is 0 Å². The first kappa shape index (κ1) is 18.8. The number of phenolic OH excluding ortho intramolecular Hbond substituents is 1. The van der Waals surface area contributed by atoms with E-state index in [1.54, 1.807) is 25.1 Å². The van der Waals surface area contributed by atoms with Crippen LogP contribution < -0.4 is 4.74 Å². The first-order valence-electron chi connectivity index (χ1n) is 8.69. The summed E-state index contributed by atoms with van der Waals surface area (Å²) in [6, 6.07) is 13.2. The third kappa shape index (κ3) is 5.52. The maximum atomic E-state index is 11.6. The normalized spacial score (nSPS) is 10.7. The predicted octanol–water partition coefficient (Wildman–Crippen LogP) is 4.59. The van der Waals surface area contributed by atoms with Crippen LogP contribution in [-0.2, 0) is 22.6 Å². The van der Waals surface area contributed by atoms with E-state index in [1.165, 1.54) is 5.56 Å². The molecule has 0 spiro atoms. The van der Waals surface area contributed by atoms with E-state index >= 15 is 0 Å². The average Bonchev–Trinajstić information content (AvgIpc) is 2.59. The molecule has 0 bridgehead atoms. The summed E-state index contributed by atoms with van der Waals surface area (Å²) < 4.78 is 10.9. The van der Waals surface area contributed by atoms with Crippen molar-refractivity contribution in [3.8, 4) is 11.5 Å². The number of hydrogen-bond acceptors (Lipinski definition) is 4. The Labute approximate surface area is 149 Å². The molecular weight excluding hydrogens is 316 g/mol. The van der Waals surface area contributed by atoms with E-state index in [1.807, 2.05) is 12.1 Å². The first-order chi connectivity index (χ1) is 12.0. The molecular formula is C21H26O4. The van der Waals surface area contributed by atoms with Crippen LogP contribution >= 0.6 is 0 Å². The first-order valence-corrected chi connectivity index (χ1v) is 8.69. The van der Waals surface area contributed by atoms with Gasteiger partial charge in [-0.05, 0) is 42.0 Å². The molecule has 4 heteroatoms. The third-order valence-corrected chi connectivity index (χ3v) is 4.01. The summed E-state index contributed by atoms with van der Waals surface area (Å²) >= 11 is 0. The highest BCUT2D eigenvalue weighted by molar-refractivity contribution is 5.69. The van der Waals surface area contributed by atoms with Gasteiger partial charge in [-0.3, -0.25) is 4.79 Å². The number of aromatic hydroxyl groups is 1. The second-order valence-corrected chi connectivity index (χ2v) is 6.24. The molecule has 134 valence electrons. The average molecular weight is 342 g/mol. The van der Waals surface area contributed by atoms with Crippen LogP contribution in [-0.4, -0.2) is 17.7 Å². The maximum absolute atomic E-state index is 11.6. The standard InChI is InChI=1S/C21H26O4/c1-4-24-21(23)12-10-16-9-11-18(22)13-20(16)25-14-17-7-5-6-8-19(17)15(2)3/h5-9,11,13,15,22H,4,10,12,14H2,1-3H3. The van der Waals surface area contributed by atoms with Gasteiger partial charge < -0.3 is 14.6 Å². The fourth-order valence-corrected chi connectivity index (χ4v) is 2.74. The summed E-state index contributed by atoms with van der Waals surface area (Å²) in [5.74, 6) is 0.925. The summed E-state index contributed by atoms with van der Waals surface area (Å²) in [5, 5.41) is 9.77. The molecule has 0 saturated carbocycles. The summed E-state index contributed by atoms with van der Waals surface area (Å²) in [4.78, 5) is 11.6. The van der Waals surface area contributed by atoms with E-state index in [-0.39, 0.29) is 18.1 Å². The van der Waals surface area contributed by atoms with Crippen molar-refractivity contribution in [3.63, 3.8) is 0 Å². The van der Waals surface area contributed by atoms with E-state index < -0.39 is 0 Å². The Kier molecular flexibility index (Phi) is 6.87. The van der Waals surface area contributed by atoms with Crippen LogP contribution in [0.2, 0.25) is 0 Å². The van der Waals surface area contributed by atoms with Gasteiger partial charge in [0.05, 0.1) is 6.61 Å². The summed E-state index contributed by atoms with van der Waals surface area (Å²) in [6.07, 6.45) is 0.803. The summed E-state index contributed by atoms with van der Waals surface area (Å²) in [7, 11) is 0. The van der Waals surface area contributed by atoms with Crippen molar-refractivity contribution in [2.24, 2.45) is 0 Å². The smallest absolute Gasteiger partial charge is 0.306 e. The topological polar surface area (TPSA) is 55.8 Å². The lowest BCUT2D eigenvalue weighted by atomic mass is 9.98. The fraction of sp³-hybridized carbons (Fsp3) is 0.381. The molecule has 0 aliphatic carbocycles. The number of hydrogen-bond donors (Lipinski definition) is 1. The Balaban J connectivity index is 2.11. The molecule has 2 aromatic rings. The van der Waals surface area contributed by atoms with Gasteiger partial charge in [0.2, 0.25) is 0 Å². The molecule has 0 amide bonds. The molecule has 0 fully saturated rings. The van der Waals surface area contributed by atoms with Crippen molar-refractivity contribution in [2.75, 3.05) is 6.61 Å². The molecule has 0 unspecified atom stereocenters. The highest BCUT2D eigenvalue weighted by Crippen LogP contribution is 2.27. The molecule has 0 atom stereocenters. The molecule has 0 radical (unpaired) electrons. The van der Waals surface area contributed by atoms with Gasteiger partial charge in [-0.25, -0.2) is 0 Å². The van der Waals surface area contributed by atoms with Crippen molar-refractivity contribution in [1.29, 1.82) is 0 Å². The maximum Gasteiger partial charge on any atom is 0.306 e. The number of carbonyl (C=O) groups is 1. The number of rotatable bonds is 8.